The molecule has 0 aromatic heterocycles. The Hall–Kier alpha value is -3.27. The third-order valence-electron chi connectivity index (χ3n) is 7.94. The van der Waals surface area contributed by atoms with Crippen LogP contribution in [0.25, 0.3) is 0 Å². The summed E-state index contributed by atoms with van der Waals surface area (Å²) < 4.78 is 43.0. The average molecular weight is 583 g/mol. The van der Waals surface area contributed by atoms with E-state index in [1.54, 1.807) is 42.5 Å². The van der Waals surface area contributed by atoms with E-state index in [9.17, 15) is 13.2 Å². The second-order valence-electron chi connectivity index (χ2n) is 10.3. The van der Waals surface area contributed by atoms with Crippen LogP contribution in [0.3, 0.4) is 0 Å². The van der Waals surface area contributed by atoms with Crippen molar-refractivity contribution in [3.63, 3.8) is 0 Å². The number of hydrogen-bond acceptors (Lipinski definition) is 7. The molecule has 40 heavy (non-hydrogen) atoms. The molecule has 2 fully saturated rings. The molecule has 3 aliphatic rings. The Balaban J connectivity index is 0.991. The van der Waals surface area contributed by atoms with Gasteiger partial charge in [0.15, 0.2) is 11.5 Å². The number of benzene rings is 3. The number of carbonyl (C=O) groups is 1. The molecule has 3 heterocycles. The van der Waals surface area contributed by atoms with Gasteiger partial charge in [-0.1, -0.05) is 23.7 Å². The number of amides is 1. The number of likely N-dealkylation sites (tertiary alicyclic amines) is 2. The van der Waals surface area contributed by atoms with Crippen LogP contribution < -0.4 is 14.2 Å². The van der Waals surface area contributed by atoms with E-state index in [2.05, 4.69) is 4.90 Å². The van der Waals surface area contributed by atoms with Gasteiger partial charge in [-0.05, 0) is 74.2 Å². The van der Waals surface area contributed by atoms with Crippen LogP contribution in [0.5, 0.6) is 17.2 Å². The fraction of sp³-hybridized carbons (Fsp3) is 0.367. The molecule has 2 saturated heterocycles. The van der Waals surface area contributed by atoms with Gasteiger partial charge < -0.3 is 19.1 Å². The van der Waals surface area contributed by atoms with E-state index in [4.69, 9.17) is 25.8 Å². The summed E-state index contributed by atoms with van der Waals surface area (Å²) in [5.74, 6) is 1.64. The fourth-order valence-corrected chi connectivity index (χ4v) is 7.16. The number of sulfone groups is 1. The molecule has 0 spiro atoms. The first-order valence-corrected chi connectivity index (χ1v) is 15.4. The Morgan fingerprint density at radius 1 is 0.825 bits per heavy atom. The Bertz CT molecular complexity index is 1480. The van der Waals surface area contributed by atoms with Crippen LogP contribution in [0.4, 0.5) is 0 Å². The topological polar surface area (TPSA) is 85.4 Å². The zero-order valence-electron chi connectivity index (χ0n) is 22.0. The van der Waals surface area contributed by atoms with Crippen LogP contribution >= 0.6 is 11.6 Å². The molecule has 8 nitrogen and oxygen atoms in total. The molecule has 0 unspecified atom stereocenters. The summed E-state index contributed by atoms with van der Waals surface area (Å²) in [6.45, 7) is 3.42. The number of halogens is 1. The van der Waals surface area contributed by atoms with Crippen molar-refractivity contribution < 1.29 is 27.4 Å². The number of piperidine rings is 2. The van der Waals surface area contributed by atoms with Gasteiger partial charge in [0.25, 0.3) is 5.91 Å². The van der Waals surface area contributed by atoms with Crippen LogP contribution in [-0.4, -0.2) is 69.2 Å². The van der Waals surface area contributed by atoms with Gasteiger partial charge in [-0.2, -0.15) is 0 Å². The Morgan fingerprint density at radius 3 is 2.23 bits per heavy atom. The van der Waals surface area contributed by atoms with Crippen molar-refractivity contribution in [3.05, 3.63) is 77.3 Å². The molecule has 0 saturated carbocycles. The lowest BCUT2D eigenvalue weighted by Gasteiger charge is -2.41. The minimum Gasteiger partial charge on any atom is -0.490 e. The first-order chi connectivity index (χ1) is 19.4. The highest BCUT2D eigenvalue weighted by molar-refractivity contribution is 7.91. The molecule has 0 N–H and O–H groups in total. The summed E-state index contributed by atoms with van der Waals surface area (Å²) in [6, 6.07) is 18.9. The summed E-state index contributed by atoms with van der Waals surface area (Å²) in [5, 5.41) is 0.498. The Labute approximate surface area is 239 Å². The predicted octanol–water partition coefficient (Wildman–Crippen LogP) is 5.05. The maximum absolute atomic E-state index is 13.1. The van der Waals surface area contributed by atoms with E-state index >= 15 is 0 Å². The van der Waals surface area contributed by atoms with Gasteiger partial charge in [-0.3, -0.25) is 9.69 Å². The highest BCUT2D eigenvalue weighted by atomic mass is 35.5. The van der Waals surface area contributed by atoms with E-state index in [1.165, 1.54) is 12.1 Å². The minimum absolute atomic E-state index is 0.00543. The Morgan fingerprint density at radius 2 is 1.50 bits per heavy atom. The van der Waals surface area contributed by atoms with Crippen LogP contribution in [0.15, 0.2) is 76.5 Å². The molecule has 0 radical (unpaired) electrons. The maximum Gasteiger partial charge on any atom is 0.255 e. The lowest BCUT2D eigenvalue weighted by Crippen LogP contribution is -2.50. The fourth-order valence-electron chi connectivity index (χ4n) is 5.67. The van der Waals surface area contributed by atoms with Gasteiger partial charge in [-0.25, -0.2) is 8.42 Å². The van der Waals surface area contributed by atoms with E-state index < -0.39 is 9.84 Å². The molecule has 0 bridgehead atoms. The first kappa shape index (κ1) is 26.9. The van der Waals surface area contributed by atoms with Crippen molar-refractivity contribution >= 4 is 27.3 Å². The summed E-state index contributed by atoms with van der Waals surface area (Å²) >= 11 is 6.23. The molecule has 210 valence electrons. The highest BCUT2D eigenvalue weighted by Crippen LogP contribution is 2.36. The molecule has 3 aliphatic heterocycles. The van der Waals surface area contributed by atoms with Crippen LogP contribution in [-0.2, 0) is 9.84 Å². The average Bonchev–Trinajstić information content (AvgIpc) is 3.46. The lowest BCUT2D eigenvalue weighted by molar-refractivity contribution is 0.0425. The van der Waals surface area contributed by atoms with Gasteiger partial charge in [0, 0.05) is 38.3 Å². The highest BCUT2D eigenvalue weighted by Gasteiger charge is 2.31. The molecule has 3 aromatic carbocycles. The van der Waals surface area contributed by atoms with E-state index in [-0.39, 0.29) is 28.6 Å². The monoisotopic (exact) mass is 582 g/mol. The van der Waals surface area contributed by atoms with Crippen molar-refractivity contribution in [2.24, 2.45) is 0 Å². The molecule has 10 heteroatoms. The number of hydrogen-bond donors (Lipinski definition) is 0. The van der Waals surface area contributed by atoms with Crippen LogP contribution in [0.1, 0.15) is 36.0 Å². The van der Waals surface area contributed by atoms with E-state index in [0.717, 1.165) is 51.9 Å². The molecule has 6 rings (SSSR count). The number of nitrogens with zero attached hydrogens (tertiary/aromatic N) is 2. The van der Waals surface area contributed by atoms with Gasteiger partial charge in [0.1, 0.15) is 11.9 Å². The standard InChI is InChI=1S/C30H31ClN2O6S/c31-27-4-2-1-3-26(27)30(34)33-15-11-21(12-16-33)32-17-13-23(14-18-32)39-22-5-7-24(8-6-22)40(35,36)25-9-10-28-29(19-25)38-20-37-28/h1-10,19,21,23H,11-18,20H2. The zero-order valence-corrected chi connectivity index (χ0v) is 23.6. The van der Waals surface area contributed by atoms with Gasteiger partial charge in [-0.15, -0.1) is 0 Å². The quantitative estimate of drug-likeness (QED) is 0.402. The smallest absolute Gasteiger partial charge is 0.255 e. The number of ether oxygens (including phenoxy) is 3. The number of carbonyl (C=O) groups excluding carboxylic acids is 1. The molecule has 1 amide bonds. The SMILES string of the molecule is O=C(c1ccccc1Cl)N1CCC(N2CCC(Oc3ccc(S(=O)(=O)c4ccc5c(c4)OCO5)cc3)CC2)CC1. The van der Waals surface area contributed by atoms with Crippen molar-refractivity contribution in [1.29, 1.82) is 0 Å². The van der Waals surface area contributed by atoms with Gasteiger partial charge in [0.05, 0.1) is 20.4 Å². The molecule has 0 atom stereocenters. The van der Waals surface area contributed by atoms with Crippen molar-refractivity contribution in [1.82, 2.24) is 9.80 Å². The number of rotatable bonds is 6. The van der Waals surface area contributed by atoms with Crippen LogP contribution in [0.2, 0.25) is 5.02 Å². The third kappa shape index (κ3) is 5.50. The van der Waals surface area contributed by atoms with E-state index in [1.807, 2.05) is 17.0 Å². The Kier molecular flexibility index (Phi) is 7.61. The summed E-state index contributed by atoms with van der Waals surface area (Å²) in [7, 11) is -3.69. The summed E-state index contributed by atoms with van der Waals surface area (Å²) in [6.07, 6.45) is 3.77. The summed E-state index contributed by atoms with van der Waals surface area (Å²) in [5.41, 5.74) is 0.569. The molecular weight excluding hydrogens is 552 g/mol. The summed E-state index contributed by atoms with van der Waals surface area (Å²) in [4.78, 5) is 17.7. The molecule has 0 aliphatic carbocycles. The van der Waals surface area contributed by atoms with Gasteiger partial charge >= 0.3 is 0 Å². The zero-order chi connectivity index (χ0) is 27.7. The van der Waals surface area contributed by atoms with E-state index in [0.29, 0.717) is 33.9 Å². The third-order valence-corrected chi connectivity index (χ3v) is 10.0. The lowest BCUT2D eigenvalue weighted by atomic mass is 9.98. The van der Waals surface area contributed by atoms with Crippen molar-refractivity contribution in [2.75, 3.05) is 33.0 Å². The largest absolute Gasteiger partial charge is 0.490 e. The maximum atomic E-state index is 13.1. The van der Waals surface area contributed by atoms with Gasteiger partial charge in [0.2, 0.25) is 16.6 Å². The molecular formula is C30H31ClN2O6S. The first-order valence-electron chi connectivity index (χ1n) is 13.6. The predicted molar refractivity (Wildman–Crippen MR) is 150 cm³/mol. The minimum atomic E-state index is -3.69. The molecule has 3 aromatic rings. The second kappa shape index (κ2) is 11.3. The normalized spacial score (nSPS) is 18.6. The second-order valence-corrected chi connectivity index (χ2v) is 12.7. The van der Waals surface area contributed by atoms with Crippen LogP contribution in [0, 0.1) is 0 Å². The van der Waals surface area contributed by atoms with Crippen molar-refractivity contribution in [3.8, 4) is 17.2 Å². The number of fused-ring (bicyclic) bond motifs is 1. The van der Waals surface area contributed by atoms with Crippen molar-refractivity contribution in [2.45, 2.75) is 47.6 Å².